The highest BCUT2D eigenvalue weighted by molar-refractivity contribution is 5.76. The summed E-state index contributed by atoms with van der Waals surface area (Å²) in [6.07, 6.45) is 3.75. The number of fused-ring (bicyclic) bond motifs is 2. The molecule has 7 heteroatoms. The van der Waals surface area contributed by atoms with Crippen LogP contribution in [0, 0.1) is 0 Å². The minimum atomic E-state index is -0.642. The average molecular weight is 342 g/mol. The maximum absolute atomic E-state index is 12.4. The fraction of sp³-hybridized carbons (Fsp3) is 0.500. The van der Waals surface area contributed by atoms with Crippen LogP contribution >= 0.6 is 0 Å². The summed E-state index contributed by atoms with van der Waals surface area (Å²) in [6.45, 7) is 0.550. The molecule has 0 saturated carbocycles. The highest BCUT2D eigenvalue weighted by Gasteiger charge is 2.32. The van der Waals surface area contributed by atoms with Crippen molar-refractivity contribution in [2.75, 3.05) is 0 Å². The molecule has 4 rings (SSSR count). The molecule has 0 radical (unpaired) electrons. The lowest BCUT2D eigenvalue weighted by molar-refractivity contribution is -0.123. The number of aliphatic hydroxyl groups excluding tert-OH is 1. The van der Waals surface area contributed by atoms with Crippen molar-refractivity contribution in [2.45, 2.75) is 57.3 Å². The zero-order valence-corrected chi connectivity index (χ0v) is 14.0. The second-order valence-corrected chi connectivity index (χ2v) is 6.83. The lowest BCUT2D eigenvalue weighted by Gasteiger charge is -2.17. The van der Waals surface area contributed by atoms with Crippen molar-refractivity contribution >= 4 is 5.91 Å². The van der Waals surface area contributed by atoms with Gasteiger partial charge in [-0.3, -0.25) is 9.36 Å². The number of rotatable bonds is 3. The molecule has 1 amide bonds. The highest BCUT2D eigenvalue weighted by Crippen LogP contribution is 2.31. The molecule has 25 heavy (non-hydrogen) atoms. The molecule has 2 heterocycles. The van der Waals surface area contributed by atoms with Crippen molar-refractivity contribution in [3.05, 3.63) is 51.7 Å². The number of amides is 1. The van der Waals surface area contributed by atoms with Crippen LogP contribution in [-0.2, 0) is 30.7 Å². The Morgan fingerprint density at radius 3 is 3.00 bits per heavy atom. The van der Waals surface area contributed by atoms with Gasteiger partial charge in [-0.1, -0.05) is 30.7 Å². The van der Waals surface area contributed by atoms with Crippen LogP contribution in [0.4, 0.5) is 0 Å². The van der Waals surface area contributed by atoms with Crippen LogP contribution in [0.25, 0.3) is 0 Å². The SMILES string of the molecule is O=C(Cn1nc2n(c1=O)CCCCC2)NC1c2ccccc2CC1O. The van der Waals surface area contributed by atoms with E-state index in [9.17, 15) is 14.7 Å². The zero-order chi connectivity index (χ0) is 17.4. The number of nitrogens with zero attached hydrogens (tertiary/aromatic N) is 3. The van der Waals surface area contributed by atoms with E-state index in [1.807, 2.05) is 24.3 Å². The van der Waals surface area contributed by atoms with E-state index < -0.39 is 12.1 Å². The van der Waals surface area contributed by atoms with Gasteiger partial charge in [0, 0.05) is 19.4 Å². The van der Waals surface area contributed by atoms with Crippen molar-refractivity contribution in [1.29, 1.82) is 0 Å². The summed E-state index contributed by atoms with van der Waals surface area (Å²) in [5.74, 6) is 0.456. The molecule has 0 bridgehead atoms. The number of aromatic nitrogens is 3. The minimum absolute atomic E-state index is 0.121. The third-order valence-corrected chi connectivity index (χ3v) is 5.10. The number of carbonyl (C=O) groups is 1. The molecular formula is C18H22N4O3. The van der Waals surface area contributed by atoms with E-state index >= 15 is 0 Å². The third kappa shape index (κ3) is 3.00. The molecule has 1 aliphatic heterocycles. The molecule has 1 aliphatic carbocycles. The van der Waals surface area contributed by atoms with Crippen LogP contribution in [-0.4, -0.2) is 31.5 Å². The van der Waals surface area contributed by atoms with Crippen LogP contribution < -0.4 is 11.0 Å². The van der Waals surface area contributed by atoms with Gasteiger partial charge in [-0.05, 0) is 24.0 Å². The van der Waals surface area contributed by atoms with Crippen molar-refractivity contribution in [3.63, 3.8) is 0 Å². The smallest absolute Gasteiger partial charge is 0.346 e. The first-order valence-corrected chi connectivity index (χ1v) is 8.85. The van der Waals surface area contributed by atoms with E-state index in [4.69, 9.17) is 0 Å². The number of aliphatic hydroxyl groups is 1. The lowest BCUT2D eigenvalue weighted by Crippen LogP contribution is -2.38. The Balaban J connectivity index is 1.49. The summed E-state index contributed by atoms with van der Waals surface area (Å²) in [5, 5.41) is 17.4. The predicted octanol–water partition coefficient (Wildman–Crippen LogP) is 0.546. The summed E-state index contributed by atoms with van der Waals surface area (Å²) in [5.41, 5.74) is 1.77. The third-order valence-electron chi connectivity index (χ3n) is 5.10. The Bertz CT molecular complexity index is 854. The van der Waals surface area contributed by atoms with Gasteiger partial charge in [-0.15, -0.1) is 0 Å². The molecule has 7 nitrogen and oxygen atoms in total. The van der Waals surface area contributed by atoms with Gasteiger partial charge in [0.05, 0.1) is 12.1 Å². The van der Waals surface area contributed by atoms with Gasteiger partial charge >= 0.3 is 5.69 Å². The predicted molar refractivity (Wildman–Crippen MR) is 91.1 cm³/mol. The molecular weight excluding hydrogens is 320 g/mol. The van der Waals surface area contributed by atoms with E-state index in [0.717, 1.165) is 42.6 Å². The summed E-state index contributed by atoms with van der Waals surface area (Å²) >= 11 is 0. The Labute approximate surface area is 145 Å². The molecule has 2 N–H and O–H groups in total. The number of hydrogen-bond acceptors (Lipinski definition) is 4. The van der Waals surface area contributed by atoms with E-state index in [1.54, 1.807) is 4.57 Å². The fourth-order valence-corrected chi connectivity index (χ4v) is 3.83. The number of nitrogens with one attached hydrogen (secondary N) is 1. The molecule has 0 saturated heterocycles. The average Bonchev–Trinajstić information content (AvgIpc) is 2.94. The van der Waals surface area contributed by atoms with E-state index in [-0.39, 0.29) is 18.1 Å². The van der Waals surface area contributed by atoms with Gasteiger partial charge in [0.15, 0.2) is 0 Å². The topological polar surface area (TPSA) is 89.2 Å². The Morgan fingerprint density at radius 1 is 1.28 bits per heavy atom. The van der Waals surface area contributed by atoms with Crippen molar-refractivity contribution < 1.29 is 9.90 Å². The summed E-state index contributed by atoms with van der Waals surface area (Å²) in [4.78, 5) is 24.9. The quantitative estimate of drug-likeness (QED) is 0.852. The largest absolute Gasteiger partial charge is 0.390 e. The molecule has 1 aromatic heterocycles. The van der Waals surface area contributed by atoms with Crippen LogP contribution in [0.2, 0.25) is 0 Å². The van der Waals surface area contributed by atoms with Crippen LogP contribution in [0.5, 0.6) is 0 Å². The van der Waals surface area contributed by atoms with Gasteiger partial charge in [0.2, 0.25) is 5.91 Å². The summed E-state index contributed by atoms with van der Waals surface area (Å²) in [7, 11) is 0. The monoisotopic (exact) mass is 342 g/mol. The van der Waals surface area contributed by atoms with Gasteiger partial charge in [-0.2, -0.15) is 5.10 Å². The first-order chi connectivity index (χ1) is 12.1. The maximum atomic E-state index is 12.4. The number of benzene rings is 1. The molecule has 2 aliphatic rings. The lowest BCUT2D eigenvalue weighted by atomic mass is 10.1. The molecule has 2 unspecified atom stereocenters. The standard InChI is InChI=1S/C18H22N4O3/c23-14-10-12-6-3-4-7-13(12)17(14)19-16(24)11-22-18(25)21-9-5-1-2-8-15(21)20-22/h3-4,6-7,14,17,23H,1-2,5,8-11H2,(H,19,24). The van der Waals surface area contributed by atoms with Gasteiger partial charge in [-0.25, -0.2) is 9.48 Å². The second-order valence-electron chi connectivity index (χ2n) is 6.83. The normalized spacial score (nSPS) is 22.1. The molecule has 0 fully saturated rings. The Morgan fingerprint density at radius 2 is 2.12 bits per heavy atom. The molecule has 2 aromatic rings. The minimum Gasteiger partial charge on any atom is -0.390 e. The number of hydrogen-bond donors (Lipinski definition) is 2. The van der Waals surface area contributed by atoms with Gasteiger partial charge < -0.3 is 10.4 Å². The van der Waals surface area contributed by atoms with Gasteiger partial charge in [0.1, 0.15) is 12.4 Å². The first kappa shape index (κ1) is 16.1. The first-order valence-electron chi connectivity index (χ1n) is 8.85. The summed E-state index contributed by atoms with van der Waals surface area (Å²) < 4.78 is 2.92. The van der Waals surface area contributed by atoms with Crippen LogP contribution in [0.3, 0.4) is 0 Å². The van der Waals surface area contributed by atoms with Crippen LogP contribution in [0.15, 0.2) is 29.1 Å². The molecule has 2 atom stereocenters. The van der Waals surface area contributed by atoms with Crippen LogP contribution in [0.1, 0.15) is 42.3 Å². The maximum Gasteiger partial charge on any atom is 0.346 e. The Kier molecular flexibility index (Phi) is 4.17. The second kappa shape index (κ2) is 6.48. The van der Waals surface area contributed by atoms with E-state index in [1.165, 1.54) is 4.68 Å². The highest BCUT2D eigenvalue weighted by atomic mass is 16.3. The fourth-order valence-electron chi connectivity index (χ4n) is 3.83. The van der Waals surface area contributed by atoms with E-state index in [2.05, 4.69) is 10.4 Å². The molecule has 0 spiro atoms. The van der Waals surface area contributed by atoms with E-state index in [0.29, 0.717) is 13.0 Å². The van der Waals surface area contributed by atoms with Crippen molar-refractivity contribution in [1.82, 2.24) is 19.7 Å². The Hall–Kier alpha value is -2.41. The molecule has 1 aromatic carbocycles. The molecule has 132 valence electrons. The van der Waals surface area contributed by atoms with Crippen molar-refractivity contribution in [3.8, 4) is 0 Å². The van der Waals surface area contributed by atoms with Crippen molar-refractivity contribution in [2.24, 2.45) is 0 Å². The summed E-state index contributed by atoms with van der Waals surface area (Å²) in [6, 6.07) is 7.27. The van der Waals surface area contributed by atoms with Gasteiger partial charge in [0.25, 0.3) is 0 Å². The number of aryl methyl sites for hydroxylation is 1. The number of carbonyl (C=O) groups excluding carboxylic acids is 1. The zero-order valence-electron chi connectivity index (χ0n) is 14.0.